The van der Waals surface area contributed by atoms with Crippen LogP contribution in [0.25, 0.3) is 0 Å². The van der Waals surface area contributed by atoms with Crippen LogP contribution in [-0.4, -0.2) is 39.7 Å². The number of nitrogens with one attached hydrogen (secondary N) is 1. The molecule has 0 aliphatic heterocycles. The summed E-state index contributed by atoms with van der Waals surface area (Å²) in [7, 11) is 0. The van der Waals surface area contributed by atoms with Crippen molar-refractivity contribution >= 4 is 11.7 Å². The zero-order valence-electron chi connectivity index (χ0n) is 10.8. The Balaban J connectivity index is 1.58. The number of rotatable bonds is 7. The van der Waals surface area contributed by atoms with Crippen LogP contribution in [0.2, 0.25) is 0 Å². The quantitative estimate of drug-likeness (QED) is 0.785. The number of nitrogens with zero attached hydrogens (tertiary/aromatic N) is 2. The van der Waals surface area contributed by atoms with E-state index in [0.29, 0.717) is 17.8 Å². The summed E-state index contributed by atoms with van der Waals surface area (Å²) in [6, 6.07) is 0. The van der Waals surface area contributed by atoms with Gasteiger partial charge in [-0.3, -0.25) is 0 Å². The van der Waals surface area contributed by atoms with E-state index < -0.39 is 6.10 Å². The van der Waals surface area contributed by atoms with Crippen molar-refractivity contribution < 1.29 is 9.84 Å². The lowest BCUT2D eigenvalue weighted by molar-refractivity contribution is 0.101. The second-order valence-electron chi connectivity index (χ2n) is 5.36. The molecule has 1 aromatic rings. The Hall–Kier alpha value is -0.720. The van der Waals surface area contributed by atoms with Gasteiger partial charge in [-0.15, -0.1) is 4.37 Å². The molecule has 6 heteroatoms. The number of hydrogen-bond acceptors (Lipinski definition) is 6. The Bertz CT molecular complexity index is 339. The highest BCUT2D eigenvalue weighted by molar-refractivity contribution is 6.99. The molecule has 1 saturated carbocycles. The Kier molecular flexibility index (Phi) is 4.91. The van der Waals surface area contributed by atoms with Gasteiger partial charge in [0, 0.05) is 13.1 Å². The summed E-state index contributed by atoms with van der Waals surface area (Å²) in [4.78, 5) is 0. The Morgan fingerprint density at radius 1 is 1.56 bits per heavy atom. The molecule has 2 rings (SSSR count). The van der Waals surface area contributed by atoms with E-state index in [-0.39, 0.29) is 6.61 Å². The van der Waals surface area contributed by atoms with Crippen LogP contribution in [0.5, 0.6) is 5.88 Å². The van der Waals surface area contributed by atoms with Gasteiger partial charge in [-0.25, -0.2) is 0 Å². The molecule has 1 aromatic heterocycles. The number of hydrogen-bond donors (Lipinski definition) is 2. The van der Waals surface area contributed by atoms with E-state index >= 15 is 0 Å². The maximum absolute atomic E-state index is 9.77. The van der Waals surface area contributed by atoms with Crippen LogP contribution in [0.15, 0.2) is 6.20 Å². The minimum absolute atomic E-state index is 0.259. The van der Waals surface area contributed by atoms with E-state index in [9.17, 15) is 5.11 Å². The summed E-state index contributed by atoms with van der Waals surface area (Å²) in [5, 5.41) is 13.1. The molecule has 2 N–H and O–H groups in total. The number of ether oxygens (including phenoxy) is 1. The van der Waals surface area contributed by atoms with Gasteiger partial charge < -0.3 is 15.2 Å². The number of aliphatic hydroxyl groups excluding tert-OH is 1. The van der Waals surface area contributed by atoms with E-state index in [2.05, 4.69) is 21.0 Å². The summed E-state index contributed by atoms with van der Waals surface area (Å²) in [6.45, 7) is 4.11. The third kappa shape index (κ3) is 4.19. The normalized spacial score (nSPS) is 19.9. The van der Waals surface area contributed by atoms with Gasteiger partial charge in [0.25, 0.3) is 0 Å². The van der Waals surface area contributed by atoms with Crippen LogP contribution in [-0.2, 0) is 0 Å². The van der Waals surface area contributed by atoms with Crippen molar-refractivity contribution in [1.29, 1.82) is 0 Å². The summed E-state index contributed by atoms with van der Waals surface area (Å²) < 4.78 is 13.1. The average molecular weight is 271 g/mol. The smallest absolute Gasteiger partial charge is 0.245 e. The molecule has 0 saturated heterocycles. The van der Waals surface area contributed by atoms with Crippen molar-refractivity contribution in [3.05, 3.63) is 6.20 Å². The molecule has 0 bridgehead atoms. The van der Waals surface area contributed by atoms with Crippen molar-refractivity contribution in [3.8, 4) is 5.88 Å². The largest absolute Gasteiger partial charge is 0.473 e. The predicted octanol–water partition coefficient (Wildman–Crippen LogP) is 1.45. The molecule has 1 fully saturated rings. The van der Waals surface area contributed by atoms with Crippen LogP contribution in [0, 0.1) is 5.41 Å². The molecule has 0 spiro atoms. The van der Waals surface area contributed by atoms with Crippen LogP contribution in [0.1, 0.15) is 32.6 Å². The summed E-state index contributed by atoms with van der Waals surface area (Å²) >= 11 is 1.10. The maximum Gasteiger partial charge on any atom is 0.245 e. The monoisotopic (exact) mass is 271 g/mol. The fourth-order valence-corrected chi connectivity index (χ4v) is 2.77. The highest BCUT2D eigenvalue weighted by Crippen LogP contribution is 2.36. The lowest BCUT2D eigenvalue weighted by Gasteiger charge is -2.24. The maximum atomic E-state index is 9.77. The van der Waals surface area contributed by atoms with Crippen molar-refractivity contribution in [2.75, 3.05) is 19.7 Å². The first-order valence-corrected chi connectivity index (χ1v) is 7.20. The first-order valence-electron chi connectivity index (χ1n) is 6.47. The molecule has 18 heavy (non-hydrogen) atoms. The second kappa shape index (κ2) is 6.45. The van der Waals surface area contributed by atoms with E-state index in [1.54, 1.807) is 6.20 Å². The first kappa shape index (κ1) is 13.7. The number of aliphatic hydroxyl groups is 1. The van der Waals surface area contributed by atoms with Gasteiger partial charge in [0.1, 0.15) is 18.9 Å². The van der Waals surface area contributed by atoms with Crippen LogP contribution in [0.4, 0.5) is 0 Å². The molecule has 1 unspecified atom stereocenters. The molecule has 1 heterocycles. The fraction of sp³-hybridized carbons (Fsp3) is 0.833. The van der Waals surface area contributed by atoms with Gasteiger partial charge in [-0.1, -0.05) is 19.8 Å². The summed E-state index contributed by atoms with van der Waals surface area (Å²) in [5.41, 5.74) is 0.416. The fourth-order valence-electron chi connectivity index (χ4n) is 2.41. The molecular formula is C12H21N3O2S. The van der Waals surface area contributed by atoms with E-state index in [0.717, 1.165) is 18.3 Å². The number of aromatic nitrogens is 2. The van der Waals surface area contributed by atoms with Gasteiger partial charge in [0.15, 0.2) is 0 Å². The Morgan fingerprint density at radius 3 is 3.00 bits per heavy atom. The van der Waals surface area contributed by atoms with Crippen molar-refractivity contribution in [2.45, 2.75) is 38.7 Å². The molecule has 0 aromatic carbocycles. The first-order chi connectivity index (χ1) is 8.68. The zero-order valence-corrected chi connectivity index (χ0v) is 11.6. The van der Waals surface area contributed by atoms with Gasteiger partial charge in [-0.2, -0.15) is 4.37 Å². The second-order valence-corrected chi connectivity index (χ2v) is 5.92. The highest BCUT2D eigenvalue weighted by Gasteiger charge is 2.28. The molecule has 1 aliphatic rings. The lowest BCUT2D eigenvalue weighted by Crippen LogP contribution is -2.37. The molecule has 0 radical (unpaired) electrons. The summed E-state index contributed by atoms with van der Waals surface area (Å²) in [5.74, 6) is 0.488. The van der Waals surface area contributed by atoms with Gasteiger partial charge in [-0.05, 0) is 18.3 Å². The zero-order chi connectivity index (χ0) is 12.8. The molecular weight excluding hydrogens is 250 g/mol. The van der Waals surface area contributed by atoms with Crippen LogP contribution < -0.4 is 10.1 Å². The van der Waals surface area contributed by atoms with E-state index in [4.69, 9.17) is 4.74 Å². The topological polar surface area (TPSA) is 67.3 Å². The highest BCUT2D eigenvalue weighted by atomic mass is 32.1. The van der Waals surface area contributed by atoms with Crippen molar-refractivity contribution in [3.63, 3.8) is 0 Å². The molecule has 102 valence electrons. The summed E-state index contributed by atoms with van der Waals surface area (Å²) in [6.07, 6.45) is 6.30. The molecule has 5 nitrogen and oxygen atoms in total. The SMILES string of the molecule is CC1(CNCC(O)COc2cnsn2)CCCC1. The third-order valence-electron chi connectivity index (χ3n) is 3.51. The minimum Gasteiger partial charge on any atom is -0.473 e. The van der Waals surface area contributed by atoms with Crippen molar-refractivity contribution in [1.82, 2.24) is 14.1 Å². The van der Waals surface area contributed by atoms with E-state index in [1.807, 2.05) is 0 Å². The van der Waals surface area contributed by atoms with Crippen LogP contribution in [0.3, 0.4) is 0 Å². The minimum atomic E-state index is -0.503. The standard InChI is InChI=1S/C12H21N3O2S/c1-12(4-2-3-5-12)9-13-6-10(16)8-17-11-7-14-18-15-11/h7,10,13,16H,2-6,8-9H2,1H3. The van der Waals surface area contributed by atoms with Crippen LogP contribution >= 0.6 is 11.7 Å². The Morgan fingerprint density at radius 2 is 2.33 bits per heavy atom. The average Bonchev–Trinajstić information content (AvgIpc) is 2.98. The molecule has 0 amide bonds. The molecule has 1 atom stereocenters. The van der Waals surface area contributed by atoms with Crippen molar-refractivity contribution in [2.24, 2.45) is 5.41 Å². The lowest BCUT2D eigenvalue weighted by atomic mass is 9.89. The van der Waals surface area contributed by atoms with E-state index in [1.165, 1.54) is 25.7 Å². The predicted molar refractivity (Wildman–Crippen MR) is 70.9 cm³/mol. The Labute approximate surface area is 112 Å². The van der Waals surface area contributed by atoms with Gasteiger partial charge in [0.05, 0.1) is 11.7 Å². The third-order valence-corrected chi connectivity index (χ3v) is 3.97. The molecule has 1 aliphatic carbocycles. The van der Waals surface area contributed by atoms with Gasteiger partial charge >= 0.3 is 0 Å². The van der Waals surface area contributed by atoms with Gasteiger partial charge in [0.2, 0.25) is 5.88 Å².